The second kappa shape index (κ2) is 21.1. The van der Waals surface area contributed by atoms with Gasteiger partial charge in [-0.1, -0.05) is 120 Å². The van der Waals surface area contributed by atoms with Crippen LogP contribution in [0.2, 0.25) is 0 Å². The van der Waals surface area contributed by atoms with Crippen molar-refractivity contribution in [2.45, 2.75) is 154 Å². The first-order valence-electron chi connectivity index (χ1n) is 14.4. The van der Waals surface area contributed by atoms with Gasteiger partial charge in [0.25, 0.3) is 5.28 Å². The maximum absolute atomic E-state index is 12.0. The zero-order chi connectivity index (χ0) is 24.8. The topological polar surface area (TPSA) is 40.1 Å². The van der Waals surface area contributed by atoms with E-state index >= 15 is 0 Å². The smallest absolute Gasteiger partial charge is 0.376 e. The maximum atomic E-state index is 12.0. The molecule has 0 aromatic heterocycles. The molecule has 0 aromatic rings. The fourth-order valence-electron chi connectivity index (χ4n) is 4.99. The summed E-state index contributed by atoms with van der Waals surface area (Å²) in [5.74, 6) is 0. The minimum absolute atomic E-state index is 0.512. The summed E-state index contributed by atoms with van der Waals surface area (Å²) in [6.45, 7) is 4.30. The van der Waals surface area contributed by atoms with E-state index < -0.39 is 13.3 Å². The van der Waals surface area contributed by atoms with Crippen LogP contribution in [0, 0.1) is 0 Å². The molecule has 0 amide bonds. The van der Waals surface area contributed by atoms with Crippen LogP contribution in [0.4, 0.5) is 0 Å². The second-order valence-corrected chi connectivity index (χ2v) is 12.4. The van der Waals surface area contributed by atoms with Crippen LogP contribution in [0.25, 0.3) is 0 Å². The molecule has 0 aromatic carbocycles. The van der Waals surface area contributed by atoms with E-state index in [2.05, 4.69) is 19.1 Å². The number of nitrogens with zero attached hydrogens (tertiary/aromatic N) is 1. The molecule has 0 N–H and O–H groups in total. The van der Waals surface area contributed by atoms with Gasteiger partial charge < -0.3 is 4.89 Å². The zero-order valence-corrected chi connectivity index (χ0v) is 24.1. The average molecular weight is 485 g/mol. The van der Waals surface area contributed by atoms with Gasteiger partial charge in [-0.2, -0.15) is 0 Å². The van der Waals surface area contributed by atoms with Crippen LogP contribution in [0.5, 0.6) is 0 Å². The fraction of sp³-hybridized carbons (Fsp3) is 0.931. The summed E-state index contributed by atoms with van der Waals surface area (Å²) in [5.41, 5.74) is 0. The van der Waals surface area contributed by atoms with E-state index in [1.807, 2.05) is 28.1 Å². The quantitative estimate of drug-likeness (QED) is 0.0592. The van der Waals surface area contributed by atoms with Gasteiger partial charge in [0.2, 0.25) is 0 Å². The van der Waals surface area contributed by atoms with Crippen LogP contribution in [0.3, 0.4) is 0 Å². The Morgan fingerprint density at radius 2 is 1.00 bits per heavy atom. The molecule has 33 heavy (non-hydrogen) atoms. The van der Waals surface area contributed by atoms with Crippen LogP contribution < -0.4 is 4.89 Å². The van der Waals surface area contributed by atoms with E-state index in [-0.39, 0.29) is 0 Å². The van der Waals surface area contributed by atoms with Crippen LogP contribution in [0.15, 0.2) is 12.2 Å². The lowest BCUT2D eigenvalue weighted by atomic mass is 10.0. The summed E-state index contributed by atoms with van der Waals surface area (Å²) in [4.78, 5) is 12.0. The molecule has 0 aliphatic rings. The molecule has 0 radical (unpaired) electrons. The Kier molecular flexibility index (Phi) is 20.9. The third kappa shape index (κ3) is 16.1. The molecule has 2 atom stereocenters. The summed E-state index contributed by atoms with van der Waals surface area (Å²) in [6, 6.07) is 0. The molecule has 196 valence electrons. The Labute approximate surface area is 209 Å². The van der Waals surface area contributed by atoms with Crippen molar-refractivity contribution in [3.05, 3.63) is 12.2 Å². The molecular formula is C29H59NO2P+. The van der Waals surface area contributed by atoms with Crippen molar-refractivity contribution in [1.82, 2.24) is 0 Å². The highest BCUT2D eigenvalue weighted by Gasteiger charge is 2.52. The molecule has 0 heterocycles. The lowest BCUT2D eigenvalue weighted by Gasteiger charge is -2.39. The summed E-state index contributed by atoms with van der Waals surface area (Å²) in [5, 5.41) is -0.598. The van der Waals surface area contributed by atoms with E-state index in [4.69, 9.17) is 0 Å². The van der Waals surface area contributed by atoms with Crippen molar-refractivity contribution in [1.29, 1.82) is 0 Å². The van der Waals surface area contributed by atoms with Gasteiger partial charge in [0, 0.05) is 12.8 Å². The van der Waals surface area contributed by atoms with Gasteiger partial charge in [0.15, 0.2) is 0 Å². The average Bonchev–Trinajstić information content (AvgIpc) is 2.76. The van der Waals surface area contributed by atoms with Crippen LogP contribution in [-0.4, -0.2) is 30.9 Å². The van der Waals surface area contributed by atoms with Gasteiger partial charge in [-0.3, -0.25) is 4.48 Å². The number of quaternary nitrogens is 1. The van der Waals surface area contributed by atoms with Crippen molar-refractivity contribution < 1.29 is 13.9 Å². The molecule has 0 fully saturated rings. The molecule has 0 aliphatic carbocycles. The minimum atomic E-state index is -2.41. The molecule has 3 nitrogen and oxygen atoms in total. The highest BCUT2D eigenvalue weighted by Crippen LogP contribution is 2.44. The number of rotatable bonds is 24. The molecule has 2 unspecified atom stereocenters. The van der Waals surface area contributed by atoms with Gasteiger partial charge >= 0.3 is 8.03 Å². The van der Waals surface area contributed by atoms with E-state index in [1.165, 1.54) is 109 Å². The first kappa shape index (κ1) is 32.8. The maximum Gasteiger partial charge on any atom is 0.376 e. The first-order chi connectivity index (χ1) is 15.8. The number of unbranched alkanes of at least 4 members (excludes halogenated alkanes) is 17. The second-order valence-electron chi connectivity index (χ2n) is 11.1. The summed E-state index contributed by atoms with van der Waals surface area (Å²) in [7, 11) is 3.63. The van der Waals surface area contributed by atoms with Crippen molar-refractivity contribution >= 4 is 8.03 Å². The third-order valence-corrected chi connectivity index (χ3v) is 9.31. The van der Waals surface area contributed by atoms with Gasteiger partial charge in [-0.05, 0) is 32.1 Å². The molecule has 0 saturated heterocycles. The van der Waals surface area contributed by atoms with Gasteiger partial charge in [0.05, 0.1) is 21.1 Å². The highest BCUT2D eigenvalue weighted by atomic mass is 31.1. The van der Waals surface area contributed by atoms with Crippen LogP contribution in [0.1, 0.15) is 149 Å². The molecule has 4 heteroatoms. The van der Waals surface area contributed by atoms with Crippen molar-refractivity contribution in [2.75, 3.05) is 21.1 Å². The highest BCUT2D eigenvalue weighted by molar-refractivity contribution is 7.38. The van der Waals surface area contributed by atoms with Crippen molar-refractivity contribution in [3.63, 3.8) is 0 Å². The zero-order valence-electron chi connectivity index (χ0n) is 23.2. The van der Waals surface area contributed by atoms with Gasteiger partial charge in [-0.15, -0.1) is 0 Å². The Bertz CT molecular complexity index is 487. The standard InChI is InChI=1S/C29H59NO2P/c1-6-8-9-10-11-12-13-14-15-16-17-18-19-20-21-22-23-24-25-26-27-28-29(7-2,33(31)32)30(3,4)5/h14-15H,6-13,16-28H2,1-5H3/q+1/b15-14-. The number of hydrogen-bond acceptors (Lipinski definition) is 2. The fourth-order valence-corrected chi connectivity index (χ4v) is 6.08. The SMILES string of the molecule is CCCCCCCC/C=C\CCCCCCCCCCCCCC(CC)([P+](=O)[O-])[N+](C)(C)C. The lowest BCUT2D eigenvalue weighted by Crippen LogP contribution is -2.55. The molecule has 0 bridgehead atoms. The number of hydrogen-bond donors (Lipinski definition) is 0. The largest absolute Gasteiger partial charge is 0.590 e. The third-order valence-electron chi connectivity index (χ3n) is 7.49. The van der Waals surface area contributed by atoms with E-state index in [1.54, 1.807) is 0 Å². The normalized spacial score (nSPS) is 14.7. The number of allylic oxidation sites excluding steroid dienone is 2. The Hall–Kier alpha value is -0.240. The lowest BCUT2D eigenvalue weighted by molar-refractivity contribution is -0.910. The Morgan fingerprint density at radius 1 is 0.636 bits per heavy atom. The summed E-state index contributed by atoms with van der Waals surface area (Å²) in [6.07, 6.45) is 31.6. The molecule has 0 saturated carbocycles. The molecular weight excluding hydrogens is 425 g/mol. The molecule has 0 rings (SSSR count). The predicted octanol–water partition coefficient (Wildman–Crippen LogP) is 9.28. The molecule has 0 spiro atoms. The molecule has 0 aliphatic heterocycles. The predicted molar refractivity (Wildman–Crippen MR) is 146 cm³/mol. The first-order valence-corrected chi connectivity index (χ1v) is 15.6. The van der Waals surface area contributed by atoms with E-state index in [0.29, 0.717) is 10.9 Å². The van der Waals surface area contributed by atoms with Gasteiger partial charge in [-0.25, -0.2) is 0 Å². The monoisotopic (exact) mass is 484 g/mol. The van der Waals surface area contributed by atoms with E-state index in [9.17, 15) is 9.46 Å². The Morgan fingerprint density at radius 3 is 1.33 bits per heavy atom. The van der Waals surface area contributed by atoms with Crippen molar-refractivity contribution in [3.8, 4) is 0 Å². The Balaban J connectivity index is 3.48. The van der Waals surface area contributed by atoms with Crippen molar-refractivity contribution in [2.24, 2.45) is 0 Å². The van der Waals surface area contributed by atoms with Gasteiger partial charge in [0.1, 0.15) is 0 Å². The summed E-state index contributed by atoms with van der Waals surface area (Å²) < 4.78 is 12.5. The van der Waals surface area contributed by atoms with E-state index in [0.717, 1.165) is 19.3 Å². The minimum Gasteiger partial charge on any atom is -0.590 e. The summed E-state index contributed by atoms with van der Waals surface area (Å²) >= 11 is 0. The van der Waals surface area contributed by atoms with Crippen LogP contribution >= 0.6 is 8.03 Å². The van der Waals surface area contributed by atoms with Crippen LogP contribution in [-0.2, 0) is 4.57 Å².